The normalized spacial score (nSPS) is 11.6. The molecule has 0 atom stereocenters. The van der Waals surface area contributed by atoms with Crippen molar-refractivity contribution in [3.63, 3.8) is 0 Å². The summed E-state index contributed by atoms with van der Waals surface area (Å²) in [6.07, 6.45) is 1.10. The van der Waals surface area contributed by atoms with E-state index in [2.05, 4.69) is 5.32 Å². The SMILES string of the molecule is CNCCCCS(=O)(=O)Nc1c(F)ccc(C)c1F. The van der Waals surface area contributed by atoms with E-state index in [1.54, 1.807) is 7.05 Å². The van der Waals surface area contributed by atoms with E-state index in [-0.39, 0.29) is 11.3 Å². The average molecular weight is 292 g/mol. The summed E-state index contributed by atoms with van der Waals surface area (Å²) >= 11 is 0. The summed E-state index contributed by atoms with van der Waals surface area (Å²) in [5, 5.41) is 2.89. The molecule has 0 fully saturated rings. The van der Waals surface area contributed by atoms with Crippen molar-refractivity contribution in [2.75, 3.05) is 24.1 Å². The zero-order valence-electron chi connectivity index (χ0n) is 11.0. The molecule has 0 spiro atoms. The second kappa shape index (κ2) is 6.81. The lowest BCUT2D eigenvalue weighted by Crippen LogP contribution is -2.19. The Morgan fingerprint density at radius 3 is 2.53 bits per heavy atom. The second-order valence-corrected chi connectivity index (χ2v) is 6.13. The lowest BCUT2D eigenvalue weighted by molar-refractivity contribution is 0.577. The zero-order valence-corrected chi connectivity index (χ0v) is 11.8. The van der Waals surface area contributed by atoms with Gasteiger partial charge in [-0.15, -0.1) is 0 Å². The van der Waals surface area contributed by atoms with Crippen molar-refractivity contribution in [3.05, 3.63) is 29.3 Å². The first-order valence-electron chi connectivity index (χ1n) is 5.97. The molecule has 0 saturated carbocycles. The van der Waals surface area contributed by atoms with Crippen molar-refractivity contribution < 1.29 is 17.2 Å². The third-order valence-electron chi connectivity index (χ3n) is 2.63. The highest BCUT2D eigenvalue weighted by atomic mass is 32.2. The van der Waals surface area contributed by atoms with Crippen LogP contribution in [-0.2, 0) is 10.0 Å². The fourth-order valence-electron chi connectivity index (χ4n) is 1.55. The van der Waals surface area contributed by atoms with Crippen molar-refractivity contribution in [1.82, 2.24) is 5.32 Å². The van der Waals surface area contributed by atoms with Crippen molar-refractivity contribution in [1.29, 1.82) is 0 Å². The Labute approximate surface area is 112 Å². The van der Waals surface area contributed by atoms with Crippen molar-refractivity contribution in [2.45, 2.75) is 19.8 Å². The number of hydrogen-bond donors (Lipinski definition) is 2. The molecule has 0 amide bonds. The van der Waals surface area contributed by atoms with Crippen LogP contribution in [0.15, 0.2) is 12.1 Å². The fourth-order valence-corrected chi connectivity index (χ4v) is 2.73. The van der Waals surface area contributed by atoms with Crippen LogP contribution in [-0.4, -0.2) is 27.8 Å². The van der Waals surface area contributed by atoms with Gasteiger partial charge < -0.3 is 5.32 Å². The van der Waals surface area contributed by atoms with Crippen LogP contribution in [0.5, 0.6) is 0 Å². The standard InChI is InChI=1S/C12H18F2N2O2S/c1-9-5-6-10(13)12(11(9)14)16-19(17,18)8-4-3-7-15-2/h5-6,15-16H,3-4,7-8H2,1-2H3. The summed E-state index contributed by atoms with van der Waals surface area (Å²) in [6.45, 7) is 2.14. The molecule has 0 radical (unpaired) electrons. The van der Waals surface area contributed by atoms with Crippen molar-refractivity contribution in [3.8, 4) is 0 Å². The van der Waals surface area contributed by atoms with Gasteiger partial charge in [0.2, 0.25) is 10.0 Å². The van der Waals surface area contributed by atoms with E-state index in [4.69, 9.17) is 0 Å². The molecule has 0 aliphatic carbocycles. The maximum Gasteiger partial charge on any atom is 0.232 e. The maximum absolute atomic E-state index is 13.7. The minimum atomic E-state index is -3.73. The van der Waals surface area contributed by atoms with Gasteiger partial charge in [-0.3, -0.25) is 4.72 Å². The van der Waals surface area contributed by atoms with Gasteiger partial charge in [-0.05, 0) is 45.0 Å². The molecule has 108 valence electrons. The third-order valence-corrected chi connectivity index (χ3v) is 3.97. The Balaban J connectivity index is 2.76. The number of hydrogen-bond acceptors (Lipinski definition) is 3. The van der Waals surface area contributed by atoms with Gasteiger partial charge in [0.15, 0.2) is 5.82 Å². The van der Waals surface area contributed by atoms with Crippen LogP contribution in [0, 0.1) is 18.6 Å². The Morgan fingerprint density at radius 1 is 1.21 bits per heavy atom. The van der Waals surface area contributed by atoms with E-state index in [9.17, 15) is 17.2 Å². The highest BCUT2D eigenvalue weighted by molar-refractivity contribution is 7.92. The highest BCUT2D eigenvalue weighted by Crippen LogP contribution is 2.22. The summed E-state index contributed by atoms with van der Waals surface area (Å²) in [5.74, 6) is -1.96. The topological polar surface area (TPSA) is 58.2 Å². The van der Waals surface area contributed by atoms with E-state index >= 15 is 0 Å². The molecule has 4 nitrogen and oxygen atoms in total. The predicted molar refractivity (Wildman–Crippen MR) is 71.7 cm³/mol. The minimum absolute atomic E-state index is 0.165. The molecule has 2 N–H and O–H groups in total. The molecule has 0 aliphatic heterocycles. The first-order valence-corrected chi connectivity index (χ1v) is 7.62. The van der Waals surface area contributed by atoms with Gasteiger partial charge >= 0.3 is 0 Å². The van der Waals surface area contributed by atoms with Gasteiger partial charge in [-0.1, -0.05) is 6.07 Å². The number of halogens is 2. The molecule has 1 aromatic carbocycles. The number of sulfonamides is 1. The first-order chi connectivity index (χ1) is 8.87. The number of unbranched alkanes of at least 4 members (excludes halogenated alkanes) is 1. The minimum Gasteiger partial charge on any atom is -0.320 e. The molecule has 0 aliphatic rings. The summed E-state index contributed by atoms with van der Waals surface area (Å²) < 4.78 is 52.5. The monoisotopic (exact) mass is 292 g/mol. The summed E-state index contributed by atoms with van der Waals surface area (Å²) in [5.41, 5.74) is -0.414. The van der Waals surface area contributed by atoms with Crippen LogP contribution >= 0.6 is 0 Å². The molecule has 1 rings (SSSR count). The first kappa shape index (κ1) is 15.8. The van der Waals surface area contributed by atoms with E-state index in [1.807, 2.05) is 4.72 Å². The molecule has 0 heterocycles. The Bertz CT molecular complexity index is 533. The number of anilines is 1. The van der Waals surface area contributed by atoms with Crippen LogP contribution in [0.2, 0.25) is 0 Å². The fraction of sp³-hybridized carbons (Fsp3) is 0.500. The molecule has 0 aromatic heterocycles. The van der Waals surface area contributed by atoms with Crippen molar-refractivity contribution in [2.24, 2.45) is 0 Å². The third kappa shape index (κ3) is 4.76. The predicted octanol–water partition coefficient (Wildman–Crippen LogP) is 2.01. The van der Waals surface area contributed by atoms with E-state index in [0.717, 1.165) is 6.07 Å². The van der Waals surface area contributed by atoms with Gasteiger partial charge in [0.1, 0.15) is 11.5 Å². The molecule has 1 aromatic rings. The molecule has 19 heavy (non-hydrogen) atoms. The highest BCUT2D eigenvalue weighted by Gasteiger charge is 2.17. The maximum atomic E-state index is 13.7. The van der Waals surface area contributed by atoms with Gasteiger partial charge in [0.25, 0.3) is 0 Å². The van der Waals surface area contributed by atoms with Crippen LogP contribution in [0.3, 0.4) is 0 Å². The molecule has 7 heteroatoms. The molecular formula is C12H18F2N2O2S. The van der Waals surface area contributed by atoms with Crippen LogP contribution in [0.4, 0.5) is 14.5 Å². The quantitative estimate of drug-likeness (QED) is 0.756. The van der Waals surface area contributed by atoms with Crippen LogP contribution in [0.25, 0.3) is 0 Å². The lowest BCUT2D eigenvalue weighted by atomic mass is 10.2. The summed E-state index contributed by atoms with van der Waals surface area (Å²) in [4.78, 5) is 0. The van der Waals surface area contributed by atoms with Gasteiger partial charge in [-0.25, -0.2) is 17.2 Å². The Morgan fingerprint density at radius 2 is 1.89 bits per heavy atom. The molecule has 0 saturated heterocycles. The van der Waals surface area contributed by atoms with Gasteiger partial charge in [0.05, 0.1) is 5.75 Å². The molecule has 0 bridgehead atoms. The average Bonchev–Trinajstić information content (AvgIpc) is 2.35. The van der Waals surface area contributed by atoms with Crippen LogP contribution in [0.1, 0.15) is 18.4 Å². The smallest absolute Gasteiger partial charge is 0.232 e. The largest absolute Gasteiger partial charge is 0.320 e. The van der Waals surface area contributed by atoms with Gasteiger partial charge in [-0.2, -0.15) is 0 Å². The number of aryl methyl sites for hydroxylation is 1. The Hall–Kier alpha value is -1.21. The zero-order chi connectivity index (χ0) is 14.5. The molecule has 0 unspecified atom stereocenters. The Kier molecular flexibility index (Phi) is 5.68. The van der Waals surface area contributed by atoms with Gasteiger partial charge in [0, 0.05) is 0 Å². The van der Waals surface area contributed by atoms with E-state index < -0.39 is 27.3 Å². The van der Waals surface area contributed by atoms with Crippen molar-refractivity contribution >= 4 is 15.7 Å². The lowest BCUT2D eigenvalue weighted by Gasteiger charge is -2.11. The van der Waals surface area contributed by atoms with E-state index in [0.29, 0.717) is 19.4 Å². The summed E-state index contributed by atoms with van der Waals surface area (Å²) in [7, 11) is -1.97. The second-order valence-electron chi connectivity index (χ2n) is 4.28. The van der Waals surface area contributed by atoms with E-state index in [1.165, 1.54) is 13.0 Å². The number of rotatable bonds is 7. The number of nitrogens with one attached hydrogen (secondary N) is 2. The van der Waals surface area contributed by atoms with Crippen LogP contribution < -0.4 is 10.0 Å². The summed E-state index contributed by atoms with van der Waals surface area (Å²) in [6, 6.07) is 2.30. The molecular weight excluding hydrogens is 274 g/mol. The number of benzene rings is 1.